The molecule has 0 nitrogen and oxygen atoms in total. The minimum atomic E-state index is -8.12. The molecule has 0 spiro atoms. The maximum Gasteiger partial charge on any atom is 0.457 e. The smallest absolute Gasteiger partial charge is 0.218 e. The van der Waals surface area contributed by atoms with Crippen LogP contribution in [0.15, 0.2) is 0 Å². The van der Waals surface area contributed by atoms with E-state index in [1.165, 1.54) is 0 Å². The normalized spacial score (nSPS) is 18.7. The predicted molar refractivity (Wildman–Crippen MR) is 67.6 cm³/mol. The summed E-state index contributed by atoms with van der Waals surface area (Å²) in [6, 6.07) is 0. The van der Waals surface area contributed by atoms with Crippen LogP contribution in [0.2, 0.25) is 0 Å². The van der Waals surface area contributed by atoms with Crippen LogP contribution in [-0.2, 0) is 0 Å². The van der Waals surface area contributed by atoms with Crippen LogP contribution >= 0.6 is 45.2 Å². The zero-order valence-electron chi connectivity index (χ0n) is 10.8. The van der Waals surface area contributed by atoms with Gasteiger partial charge in [0.25, 0.3) is 0 Å². The zero-order valence-corrected chi connectivity index (χ0v) is 15.1. The Morgan fingerprint density at radius 3 is 0.846 bits per heavy atom. The molecule has 0 radical (unpaired) electrons. The second kappa shape index (κ2) is 6.42. The van der Waals surface area contributed by atoms with Crippen LogP contribution < -0.4 is 0 Å². The number of hydrogen-bond acceptors (Lipinski definition) is 0. The molecule has 0 aromatic heterocycles. The van der Waals surface area contributed by atoms with Gasteiger partial charge in [-0.2, -0.15) is 65.9 Å². The molecular formula is C8F16I2. The Balaban J connectivity index is 6.61. The van der Waals surface area contributed by atoms with Gasteiger partial charge in [-0.25, -0.2) is 4.39 Å². The SMILES string of the molecule is FC(F)(F)C(F)(F)C(F)(I)C(F)(F)C(F)(F)C(F)(F)C(F)(F)C(F)(F)I. The van der Waals surface area contributed by atoms with Crippen molar-refractivity contribution in [3.05, 3.63) is 0 Å². The van der Waals surface area contributed by atoms with E-state index in [0.29, 0.717) is 0 Å². The van der Waals surface area contributed by atoms with Crippen molar-refractivity contribution in [2.45, 2.75) is 43.4 Å². The Bertz CT molecular complexity index is 477. The van der Waals surface area contributed by atoms with Crippen LogP contribution in [0, 0.1) is 0 Å². The molecule has 0 rings (SSSR count). The maximum atomic E-state index is 13.4. The van der Waals surface area contributed by atoms with E-state index in [1.54, 1.807) is 0 Å². The van der Waals surface area contributed by atoms with E-state index < -0.39 is 88.6 Å². The third-order valence-electron chi connectivity index (χ3n) is 2.68. The summed E-state index contributed by atoms with van der Waals surface area (Å²) in [7, 11) is 0. The summed E-state index contributed by atoms with van der Waals surface area (Å²) in [5.74, 6) is -38.9. The summed E-state index contributed by atoms with van der Waals surface area (Å²) < 4.78 is 191. The van der Waals surface area contributed by atoms with Crippen molar-refractivity contribution in [3.8, 4) is 0 Å². The summed E-state index contributed by atoms with van der Waals surface area (Å²) in [6.07, 6.45) is -7.37. The molecule has 0 saturated carbocycles. The molecule has 158 valence electrons. The Hall–Kier alpha value is 0.340. The first-order valence-electron chi connectivity index (χ1n) is 5.15. The number of halogens is 18. The van der Waals surface area contributed by atoms with E-state index in [9.17, 15) is 70.2 Å². The quantitative estimate of drug-likeness (QED) is 0.167. The monoisotopic (exact) mass is 654 g/mol. The average Bonchev–Trinajstić information content (AvgIpc) is 2.34. The van der Waals surface area contributed by atoms with Gasteiger partial charge in [0.1, 0.15) is 0 Å². The largest absolute Gasteiger partial charge is 0.457 e. The standard InChI is InChI=1S/C8F16I2/c9-1(10,2(11,12)4(15,16)8(23,24)26)3(13,14)6(19,25)5(17,18)7(20,21)22. The fraction of sp³-hybridized carbons (Fsp3) is 1.00. The third kappa shape index (κ3) is 3.30. The van der Waals surface area contributed by atoms with Crippen molar-refractivity contribution in [3.63, 3.8) is 0 Å². The number of alkyl halides is 18. The van der Waals surface area contributed by atoms with E-state index in [4.69, 9.17) is 0 Å². The lowest BCUT2D eigenvalue weighted by Crippen LogP contribution is -2.73. The van der Waals surface area contributed by atoms with Gasteiger partial charge in [0.05, 0.1) is 0 Å². The first kappa shape index (κ1) is 26.3. The van der Waals surface area contributed by atoms with Crippen molar-refractivity contribution in [2.24, 2.45) is 0 Å². The second-order valence-corrected chi connectivity index (χ2v) is 7.28. The Labute approximate surface area is 158 Å². The molecule has 0 aliphatic rings. The lowest BCUT2D eigenvalue weighted by Gasteiger charge is -2.43. The molecule has 1 unspecified atom stereocenters. The van der Waals surface area contributed by atoms with Gasteiger partial charge < -0.3 is 0 Å². The molecule has 0 aromatic rings. The van der Waals surface area contributed by atoms with Gasteiger partial charge in [-0.05, 0) is 22.6 Å². The zero-order chi connectivity index (χ0) is 22.0. The summed E-state index contributed by atoms with van der Waals surface area (Å²) in [5, 5.41) is 0. The molecule has 0 bridgehead atoms. The molecule has 0 heterocycles. The molecule has 0 aromatic carbocycles. The molecule has 26 heavy (non-hydrogen) atoms. The Morgan fingerprint density at radius 1 is 0.346 bits per heavy atom. The van der Waals surface area contributed by atoms with Crippen molar-refractivity contribution in [2.75, 3.05) is 0 Å². The van der Waals surface area contributed by atoms with Crippen LogP contribution in [0.25, 0.3) is 0 Å². The number of hydrogen-bond donors (Lipinski definition) is 0. The van der Waals surface area contributed by atoms with Crippen molar-refractivity contribution < 1.29 is 70.2 Å². The van der Waals surface area contributed by atoms with Crippen LogP contribution in [0.1, 0.15) is 0 Å². The maximum absolute atomic E-state index is 13.4. The Kier molecular flexibility index (Phi) is 6.51. The second-order valence-electron chi connectivity index (χ2n) is 4.44. The van der Waals surface area contributed by atoms with Gasteiger partial charge >= 0.3 is 43.4 Å². The van der Waals surface area contributed by atoms with Crippen LogP contribution in [0.4, 0.5) is 70.2 Å². The van der Waals surface area contributed by atoms with Crippen LogP contribution in [0.5, 0.6) is 0 Å². The van der Waals surface area contributed by atoms with Crippen LogP contribution in [0.3, 0.4) is 0 Å². The highest BCUT2D eigenvalue weighted by Crippen LogP contribution is 2.65. The van der Waals surface area contributed by atoms with Gasteiger partial charge in [-0.1, -0.05) is 0 Å². The average molecular weight is 654 g/mol. The highest BCUT2D eigenvalue weighted by molar-refractivity contribution is 14.1. The molecule has 0 N–H and O–H groups in total. The fourth-order valence-corrected chi connectivity index (χ4v) is 2.13. The summed E-state index contributed by atoms with van der Waals surface area (Å²) in [5.41, 5.74) is 0. The van der Waals surface area contributed by atoms with Gasteiger partial charge in [0, 0.05) is 22.6 Å². The number of rotatable bonds is 6. The summed E-state index contributed by atoms with van der Waals surface area (Å²) in [4.78, 5) is 0. The highest BCUT2D eigenvalue weighted by atomic mass is 127. The van der Waals surface area contributed by atoms with E-state index in [0.717, 1.165) is 0 Å². The molecule has 1 atom stereocenters. The molecular weight excluding hydrogens is 654 g/mol. The van der Waals surface area contributed by atoms with Gasteiger partial charge in [-0.15, -0.1) is 0 Å². The van der Waals surface area contributed by atoms with E-state index in [2.05, 4.69) is 0 Å². The van der Waals surface area contributed by atoms with E-state index in [-0.39, 0.29) is 0 Å². The van der Waals surface area contributed by atoms with Crippen molar-refractivity contribution in [1.29, 1.82) is 0 Å². The summed E-state index contributed by atoms with van der Waals surface area (Å²) >= 11 is -2.24. The molecule has 0 fully saturated rings. The van der Waals surface area contributed by atoms with Gasteiger partial charge in [0.2, 0.25) is 0 Å². The first-order chi connectivity index (χ1) is 10.8. The van der Waals surface area contributed by atoms with Gasteiger partial charge in [0.15, 0.2) is 0 Å². The van der Waals surface area contributed by atoms with E-state index >= 15 is 0 Å². The topological polar surface area (TPSA) is 0 Å². The predicted octanol–water partition coefficient (Wildman–Crippen LogP) is 6.85. The first-order valence-corrected chi connectivity index (χ1v) is 7.31. The minimum Gasteiger partial charge on any atom is -0.218 e. The van der Waals surface area contributed by atoms with Crippen LogP contribution in [-0.4, -0.2) is 43.4 Å². The van der Waals surface area contributed by atoms with E-state index in [1.807, 2.05) is 0 Å². The van der Waals surface area contributed by atoms with Crippen molar-refractivity contribution >= 4 is 45.2 Å². The molecule has 0 amide bonds. The third-order valence-corrected chi connectivity index (χ3v) is 4.72. The lowest BCUT2D eigenvalue weighted by atomic mass is 9.93. The minimum absolute atomic E-state index is 0.903. The molecule has 0 aliphatic carbocycles. The Morgan fingerprint density at radius 2 is 0.615 bits per heavy atom. The summed E-state index contributed by atoms with van der Waals surface area (Å²) in [6.45, 7) is 0. The molecule has 0 aliphatic heterocycles. The highest BCUT2D eigenvalue weighted by Gasteiger charge is 2.93. The van der Waals surface area contributed by atoms with Gasteiger partial charge in [-0.3, -0.25) is 0 Å². The lowest BCUT2D eigenvalue weighted by molar-refractivity contribution is -0.416. The fourth-order valence-electron chi connectivity index (χ4n) is 1.14. The molecule has 0 saturated heterocycles. The van der Waals surface area contributed by atoms with Crippen molar-refractivity contribution in [1.82, 2.24) is 0 Å². The molecule has 18 heteroatoms.